The zero-order valence-corrected chi connectivity index (χ0v) is 23.7. The zero-order chi connectivity index (χ0) is 28.1. The minimum Gasteiger partial charge on any atom is -0.507 e. The maximum absolute atomic E-state index is 13.7. The van der Waals surface area contributed by atoms with E-state index in [4.69, 9.17) is 14.5 Å². The Balaban J connectivity index is 1.53. The van der Waals surface area contributed by atoms with Crippen LogP contribution in [0.5, 0.6) is 11.5 Å². The molecule has 3 heterocycles. The van der Waals surface area contributed by atoms with Crippen LogP contribution in [0.15, 0.2) is 60.2 Å². The number of carbonyl (C=O) groups is 2. The van der Waals surface area contributed by atoms with E-state index >= 15 is 0 Å². The Morgan fingerprint density at radius 1 is 1.15 bits per heavy atom. The summed E-state index contributed by atoms with van der Waals surface area (Å²) in [6, 6.07) is 15.9. The van der Waals surface area contributed by atoms with Crippen LogP contribution in [0, 0.1) is 13.8 Å². The first kappa shape index (κ1) is 26.1. The Labute approximate surface area is 236 Å². The molecule has 0 unspecified atom stereocenters. The fourth-order valence-corrected chi connectivity index (χ4v) is 6.69. The molecule has 6 rings (SSSR count). The highest BCUT2D eigenvalue weighted by Gasteiger charge is 2.48. The summed E-state index contributed by atoms with van der Waals surface area (Å²) in [5, 5.41) is 12.0. The van der Waals surface area contributed by atoms with Crippen molar-refractivity contribution in [3.8, 4) is 11.5 Å². The molecule has 4 aromatic rings. The van der Waals surface area contributed by atoms with E-state index in [2.05, 4.69) is 0 Å². The molecule has 40 heavy (non-hydrogen) atoms. The normalized spacial score (nSPS) is 19.8. The molecule has 0 spiro atoms. The number of benzene rings is 3. The van der Waals surface area contributed by atoms with Gasteiger partial charge in [0.1, 0.15) is 23.4 Å². The summed E-state index contributed by atoms with van der Waals surface area (Å²) < 4.78 is 12.6. The van der Waals surface area contributed by atoms with Gasteiger partial charge in [0.15, 0.2) is 5.13 Å². The van der Waals surface area contributed by atoms with Crippen molar-refractivity contribution in [2.45, 2.75) is 52.7 Å². The van der Waals surface area contributed by atoms with E-state index in [0.29, 0.717) is 35.0 Å². The number of aryl methyl sites for hydroxylation is 2. The second-order valence-corrected chi connectivity index (χ2v) is 11.5. The SMILES string of the molecule is CCCOc1cccc([C@@H]2C(=C(O)c3ccc4c(c3)C[C@@H](C)O4)C(=O)C(=O)N2c2nc3c(C)cc(C)cc3s2)c1. The lowest BCUT2D eigenvalue weighted by Crippen LogP contribution is -2.29. The van der Waals surface area contributed by atoms with Crippen molar-refractivity contribution in [2.24, 2.45) is 0 Å². The van der Waals surface area contributed by atoms with Crippen LogP contribution in [0.25, 0.3) is 16.0 Å². The molecule has 8 heteroatoms. The third kappa shape index (κ3) is 4.42. The topological polar surface area (TPSA) is 89.0 Å². The van der Waals surface area contributed by atoms with E-state index in [9.17, 15) is 14.7 Å². The molecule has 2 aliphatic rings. The Morgan fingerprint density at radius 3 is 2.77 bits per heavy atom. The minimum absolute atomic E-state index is 0.0247. The van der Waals surface area contributed by atoms with E-state index in [1.807, 2.05) is 70.2 Å². The second kappa shape index (κ2) is 10.1. The molecule has 0 aliphatic carbocycles. The lowest BCUT2D eigenvalue weighted by Gasteiger charge is -2.23. The Bertz CT molecular complexity index is 1700. The summed E-state index contributed by atoms with van der Waals surface area (Å²) in [4.78, 5) is 33.6. The number of anilines is 1. The average molecular weight is 555 g/mol. The average Bonchev–Trinajstić information content (AvgIpc) is 3.59. The number of aliphatic hydroxyl groups is 1. The number of Topliss-reactive ketones (excluding diaryl/α,β-unsaturated/α-hetero) is 1. The van der Waals surface area contributed by atoms with E-state index in [0.717, 1.165) is 39.1 Å². The number of amides is 1. The van der Waals surface area contributed by atoms with Gasteiger partial charge in [-0.15, -0.1) is 0 Å². The van der Waals surface area contributed by atoms with Crippen molar-refractivity contribution in [1.29, 1.82) is 0 Å². The van der Waals surface area contributed by atoms with Crippen molar-refractivity contribution in [3.05, 3.63) is 88.0 Å². The molecule has 7 nitrogen and oxygen atoms in total. The molecule has 0 radical (unpaired) electrons. The predicted molar refractivity (Wildman–Crippen MR) is 156 cm³/mol. The number of rotatable bonds is 6. The summed E-state index contributed by atoms with van der Waals surface area (Å²) in [5.41, 5.74) is 4.97. The highest BCUT2D eigenvalue weighted by atomic mass is 32.1. The van der Waals surface area contributed by atoms with Gasteiger partial charge in [-0.25, -0.2) is 4.98 Å². The molecule has 1 N–H and O–H groups in total. The molecule has 1 amide bonds. The van der Waals surface area contributed by atoms with Gasteiger partial charge in [-0.1, -0.05) is 36.5 Å². The van der Waals surface area contributed by atoms with Crippen molar-refractivity contribution in [2.75, 3.05) is 11.5 Å². The molecule has 0 bridgehead atoms. The van der Waals surface area contributed by atoms with E-state index in [-0.39, 0.29) is 17.4 Å². The van der Waals surface area contributed by atoms with Gasteiger partial charge in [0, 0.05) is 12.0 Å². The van der Waals surface area contributed by atoms with E-state index in [1.165, 1.54) is 16.2 Å². The number of hydrogen-bond acceptors (Lipinski definition) is 7. The maximum atomic E-state index is 13.7. The van der Waals surface area contributed by atoms with Crippen molar-refractivity contribution in [3.63, 3.8) is 0 Å². The number of thiazole rings is 1. The number of fused-ring (bicyclic) bond motifs is 2. The van der Waals surface area contributed by atoms with Gasteiger partial charge in [0.05, 0.1) is 28.4 Å². The monoisotopic (exact) mass is 554 g/mol. The number of ketones is 1. The third-order valence-electron chi connectivity index (χ3n) is 7.29. The number of ether oxygens (including phenoxy) is 2. The lowest BCUT2D eigenvalue weighted by molar-refractivity contribution is -0.132. The molecule has 204 valence electrons. The van der Waals surface area contributed by atoms with Gasteiger partial charge in [-0.3, -0.25) is 14.5 Å². The van der Waals surface area contributed by atoms with Crippen LogP contribution in [0.4, 0.5) is 5.13 Å². The van der Waals surface area contributed by atoms with Crippen LogP contribution < -0.4 is 14.4 Å². The van der Waals surface area contributed by atoms with Gasteiger partial charge < -0.3 is 14.6 Å². The van der Waals surface area contributed by atoms with Gasteiger partial charge in [0.2, 0.25) is 0 Å². The van der Waals surface area contributed by atoms with Crippen LogP contribution in [0.2, 0.25) is 0 Å². The fourth-order valence-electron chi connectivity index (χ4n) is 5.53. The van der Waals surface area contributed by atoms with Crippen molar-refractivity contribution < 1.29 is 24.2 Å². The predicted octanol–water partition coefficient (Wildman–Crippen LogP) is 6.65. The third-order valence-corrected chi connectivity index (χ3v) is 8.29. The minimum atomic E-state index is -0.879. The van der Waals surface area contributed by atoms with Crippen LogP contribution in [-0.4, -0.2) is 34.5 Å². The lowest BCUT2D eigenvalue weighted by atomic mass is 9.94. The zero-order valence-electron chi connectivity index (χ0n) is 22.9. The molecular weight excluding hydrogens is 524 g/mol. The van der Waals surface area contributed by atoms with Gasteiger partial charge in [0.25, 0.3) is 5.78 Å². The summed E-state index contributed by atoms with van der Waals surface area (Å²) in [5.74, 6) is -0.301. The Kier molecular flexibility index (Phi) is 6.58. The molecule has 2 atom stereocenters. The molecule has 0 saturated carbocycles. The van der Waals surface area contributed by atoms with Crippen LogP contribution in [-0.2, 0) is 16.0 Å². The summed E-state index contributed by atoms with van der Waals surface area (Å²) in [7, 11) is 0. The summed E-state index contributed by atoms with van der Waals surface area (Å²) >= 11 is 1.36. The first-order chi connectivity index (χ1) is 19.2. The highest BCUT2D eigenvalue weighted by Crippen LogP contribution is 2.45. The van der Waals surface area contributed by atoms with Gasteiger partial charge >= 0.3 is 5.91 Å². The standard InChI is InChI=1S/C32H30N2O5S/c1-5-11-38-23-8-6-7-20(16-23)28-26(29(35)21-9-10-24-22(15-21)14-19(4)39-24)30(36)31(37)34(28)32-33-27-18(3)12-17(2)13-25(27)40-32/h6-10,12-13,15-16,19,28,35H,5,11,14H2,1-4H3/t19-,28-/m1/s1. The Morgan fingerprint density at radius 2 is 1.98 bits per heavy atom. The number of nitrogens with zero attached hydrogens (tertiary/aromatic N) is 2. The first-order valence-electron chi connectivity index (χ1n) is 13.5. The number of hydrogen-bond donors (Lipinski definition) is 1. The quantitative estimate of drug-likeness (QED) is 0.163. The van der Waals surface area contributed by atoms with Crippen molar-refractivity contribution in [1.82, 2.24) is 4.98 Å². The second-order valence-electron chi connectivity index (χ2n) is 10.5. The van der Waals surface area contributed by atoms with Gasteiger partial charge in [-0.05, 0) is 85.8 Å². The molecule has 1 aromatic heterocycles. The molecule has 3 aromatic carbocycles. The Hall–Kier alpha value is -4.17. The van der Waals surface area contributed by atoms with Crippen LogP contribution >= 0.6 is 11.3 Å². The smallest absolute Gasteiger partial charge is 0.301 e. The van der Waals surface area contributed by atoms with Crippen molar-refractivity contribution >= 4 is 44.1 Å². The fraction of sp³-hybridized carbons (Fsp3) is 0.281. The number of aromatic nitrogens is 1. The molecule has 2 aliphatic heterocycles. The number of carbonyl (C=O) groups excluding carboxylic acids is 2. The molecule has 1 fully saturated rings. The summed E-state index contributed by atoms with van der Waals surface area (Å²) in [6.07, 6.45) is 1.58. The number of aliphatic hydroxyl groups excluding tert-OH is 1. The van der Waals surface area contributed by atoms with Crippen LogP contribution in [0.3, 0.4) is 0 Å². The van der Waals surface area contributed by atoms with Gasteiger partial charge in [-0.2, -0.15) is 0 Å². The first-order valence-corrected chi connectivity index (χ1v) is 14.3. The largest absolute Gasteiger partial charge is 0.507 e. The maximum Gasteiger partial charge on any atom is 0.301 e. The van der Waals surface area contributed by atoms with E-state index in [1.54, 1.807) is 12.1 Å². The summed E-state index contributed by atoms with van der Waals surface area (Å²) in [6.45, 7) is 8.55. The van der Waals surface area contributed by atoms with Crippen LogP contribution in [0.1, 0.15) is 54.1 Å². The molecular formula is C32H30N2O5S. The van der Waals surface area contributed by atoms with E-state index < -0.39 is 17.7 Å². The molecule has 1 saturated heterocycles. The highest BCUT2D eigenvalue weighted by molar-refractivity contribution is 7.22.